The summed E-state index contributed by atoms with van der Waals surface area (Å²) in [5, 5.41) is 7.78. The van der Waals surface area contributed by atoms with Crippen molar-refractivity contribution in [2.24, 2.45) is 13.0 Å². The number of hydrogen-bond acceptors (Lipinski definition) is 3. The van der Waals surface area contributed by atoms with E-state index in [0.29, 0.717) is 12.2 Å². The number of aryl methyl sites for hydroxylation is 1. The zero-order valence-electron chi connectivity index (χ0n) is 15.0. The highest BCUT2D eigenvalue weighted by Crippen LogP contribution is 2.42. The van der Waals surface area contributed by atoms with Gasteiger partial charge in [-0.1, -0.05) is 6.92 Å². The molecule has 0 spiro atoms. The molecule has 2 heterocycles. The maximum Gasteiger partial charge on any atom is 0.435 e. The van der Waals surface area contributed by atoms with Crippen molar-refractivity contribution >= 4 is 5.91 Å². The molecule has 0 aromatic carbocycles. The SMILES string of the molecule is CC(Cn1nc(C(F)(F)F)cc1C1CC1)C(=O)N(C)Cc1ccnn1C. The summed E-state index contributed by atoms with van der Waals surface area (Å²) < 4.78 is 42.0. The predicted octanol–water partition coefficient (Wildman–Crippen LogP) is 2.81. The summed E-state index contributed by atoms with van der Waals surface area (Å²) in [5.74, 6) is -0.503. The topological polar surface area (TPSA) is 56.0 Å². The van der Waals surface area contributed by atoms with Gasteiger partial charge in [0.1, 0.15) is 0 Å². The van der Waals surface area contributed by atoms with Crippen LogP contribution >= 0.6 is 0 Å². The van der Waals surface area contributed by atoms with E-state index in [9.17, 15) is 18.0 Å². The van der Waals surface area contributed by atoms with Crippen molar-refractivity contribution in [1.82, 2.24) is 24.5 Å². The van der Waals surface area contributed by atoms with Crippen molar-refractivity contribution in [2.75, 3.05) is 7.05 Å². The molecule has 9 heteroatoms. The average Bonchev–Trinajstić information content (AvgIpc) is 3.19. The number of carbonyl (C=O) groups is 1. The van der Waals surface area contributed by atoms with Crippen LogP contribution in [0.2, 0.25) is 0 Å². The third-order valence-corrected chi connectivity index (χ3v) is 4.66. The summed E-state index contributed by atoms with van der Waals surface area (Å²) in [5.41, 5.74) is 0.568. The van der Waals surface area contributed by atoms with E-state index >= 15 is 0 Å². The first kappa shape index (κ1) is 18.5. The van der Waals surface area contributed by atoms with Gasteiger partial charge in [0.15, 0.2) is 5.69 Å². The molecule has 1 aliphatic carbocycles. The number of hydrogen-bond donors (Lipinski definition) is 0. The maximum absolute atomic E-state index is 13.0. The first-order chi connectivity index (χ1) is 12.2. The molecule has 1 aliphatic rings. The monoisotopic (exact) mass is 369 g/mol. The fourth-order valence-corrected chi connectivity index (χ4v) is 3.01. The van der Waals surface area contributed by atoms with Crippen molar-refractivity contribution in [3.05, 3.63) is 35.4 Å². The summed E-state index contributed by atoms with van der Waals surface area (Å²) in [6, 6.07) is 2.94. The fraction of sp³-hybridized carbons (Fsp3) is 0.588. The van der Waals surface area contributed by atoms with Gasteiger partial charge >= 0.3 is 6.18 Å². The van der Waals surface area contributed by atoms with Crippen LogP contribution in [-0.4, -0.2) is 37.4 Å². The van der Waals surface area contributed by atoms with Gasteiger partial charge in [0.2, 0.25) is 5.91 Å². The van der Waals surface area contributed by atoms with Crippen LogP contribution in [0.5, 0.6) is 0 Å². The Labute approximate surface area is 149 Å². The molecule has 0 saturated heterocycles. The molecule has 2 aromatic heterocycles. The number of amides is 1. The van der Waals surface area contributed by atoms with Crippen molar-refractivity contribution < 1.29 is 18.0 Å². The molecule has 0 N–H and O–H groups in total. The van der Waals surface area contributed by atoms with Crippen LogP contribution in [0, 0.1) is 5.92 Å². The van der Waals surface area contributed by atoms with Crippen LogP contribution in [0.25, 0.3) is 0 Å². The standard InChI is InChI=1S/C17H22F3N5O/c1-11(16(26)23(2)10-13-6-7-21-24(13)3)9-25-14(12-4-5-12)8-15(22-25)17(18,19)20/h6-8,11-12H,4-5,9-10H2,1-3H3. The van der Waals surface area contributed by atoms with Crippen molar-refractivity contribution in [2.45, 2.75) is 44.9 Å². The molecule has 1 fully saturated rings. The molecule has 1 saturated carbocycles. The predicted molar refractivity (Wildman–Crippen MR) is 88.1 cm³/mol. The second-order valence-electron chi connectivity index (χ2n) is 6.95. The second kappa shape index (κ2) is 6.77. The van der Waals surface area contributed by atoms with Crippen molar-refractivity contribution in [1.29, 1.82) is 0 Å². The third kappa shape index (κ3) is 3.91. The number of alkyl halides is 3. The third-order valence-electron chi connectivity index (χ3n) is 4.66. The maximum atomic E-state index is 13.0. The largest absolute Gasteiger partial charge is 0.435 e. The summed E-state index contributed by atoms with van der Waals surface area (Å²) >= 11 is 0. The molecule has 1 unspecified atom stereocenters. The van der Waals surface area contributed by atoms with E-state index in [4.69, 9.17) is 0 Å². The summed E-state index contributed by atoms with van der Waals surface area (Å²) in [7, 11) is 3.47. The zero-order chi connectivity index (χ0) is 19.1. The van der Waals surface area contributed by atoms with Crippen LogP contribution in [0.3, 0.4) is 0 Å². The summed E-state index contributed by atoms with van der Waals surface area (Å²) in [4.78, 5) is 14.2. The van der Waals surface area contributed by atoms with Gasteiger partial charge in [-0.25, -0.2) is 0 Å². The minimum atomic E-state index is -4.47. The lowest BCUT2D eigenvalue weighted by Crippen LogP contribution is -2.34. The Bertz CT molecular complexity index is 791. The molecule has 1 amide bonds. The second-order valence-corrected chi connectivity index (χ2v) is 6.95. The van der Waals surface area contributed by atoms with Gasteiger partial charge in [-0.05, 0) is 25.0 Å². The fourth-order valence-electron chi connectivity index (χ4n) is 3.01. The van der Waals surface area contributed by atoms with E-state index in [2.05, 4.69) is 10.2 Å². The molecule has 0 radical (unpaired) electrons. The van der Waals surface area contributed by atoms with E-state index < -0.39 is 17.8 Å². The Kier molecular flexibility index (Phi) is 4.81. The number of nitrogens with zero attached hydrogens (tertiary/aromatic N) is 5. The van der Waals surface area contributed by atoms with Crippen molar-refractivity contribution in [3.8, 4) is 0 Å². The van der Waals surface area contributed by atoms with Crippen LogP contribution in [0.1, 0.15) is 42.8 Å². The van der Waals surface area contributed by atoms with E-state index in [1.807, 2.05) is 6.07 Å². The number of carbonyl (C=O) groups excluding carboxylic acids is 1. The summed E-state index contributed by atoms with van der Waals surface area (Å²) in [6.45, 7) is 2.24. The summed E-state index contributed by atoms with van der Waals surface area (Å²) in [6.07, 6.45) is -1.09. The molecule has 6 nitrogen and oxygen atoms in total. The normalized spacial score (nSPS) is 15.9. The lowest BCUT2D eigenvalue weighted by atomic mass is 10.1. The minimum Gasteiger partial charge on any atom is -0.340 e. The first-order valence-electron chi connectivity index (χ1n) is 8.53. The van der Waals surface area contributed by atoms with Crippen LogP contribution in [0.15, 0.2) is 18.3 Å². The van der Waals surface area contributed by atoms with E-state index in [-0.39, 0.29) is 18.4 Å². The Morgan fingerprint density at radius 3 is 2.65 bits per heavy atom. The highest BCUT2D eigenvalue weighted by Gasteiger charge is 2.38. The average molecular weight is 369 g/mol. The molecular weight excluding hydrogens is 347 g/mol. The number of rotatable bonds is 6. The quantitative estimate of drug-likeness (QED) is 0.787. The highest BCUT2D eigenvalue weighted by atomic mass is 19.4. The van der Waals surface area contributed by atoms with E-state index in [1.165, 1.54) is 4.68 Å². The van der Waals surface area contributed by atoms with Gasteiger partial charge in [0, 0.05) is 31.9 Å². The van der Waals surface area contributed by atoms with Crippen molar-refractivity contribution in [3.63, 3.8) is 0 Å². The van der Waals surface area contributed by atoms with Crippen LogP contribution in [-0.2, 0) is 31.1 Å². The Morgan fingerprint density at radius 1 is 1.42 bits per heavy atom. The molecule has 0 bridgehead atoms. The zero-order valence-corrected chi connectivity index (χ0v) is 15.0. The Balaban J connectivity index is 1.70. The highest BCUT2D eigenvalue weighted by molar-refractivity contribution is 5.78. The van der Waals surface area contributed by atoms with Crippen LogP contribution in [0.4, 0.5) is 13.2 Å². The minimum absolute atomic E-state index is 0.119. The molecule has 142 valence electrons. The van der Waals surface area contributed by atoms with E-state index in [0.717, 1.165) is 24.6 Å². The van der Waals surface area contributed by atoms with Gasteiger partial charge in [-0.2, -0.15) is 23.4 Å². The van der Waals surface area contributed by atoms with Gasteiger partial charge in [0.05, 0.1) is 24.7 Å². The number of aromatic nitrogens is 4. The van der Waals surface area contributed by atoms with Gasteiger partial charge in [-0.3, -0.25) is 14.2 Å². The smallest absolute Gasteiger partial charge is 0.340 e. The molecule has 3 rings (SSSR count). The Morgan fingerprint density at radius 2 is 2.12 bits per heavy atom. The van der Waals surface area contributed by atoms with Crippen LogP contribution < -0.4 is 0 Å². The van der Waals surface area contributed by atoms with E-state index in [1.54, 1.807) is 36.8 Å². The Hall–Kier alpha value is -2.32. The molecular formula is C17H22F3N5O. The first-order valence-corrected chi connectivity index (χ1v) is 8.53. The molecule has 26 heavy (non-hydrogen) atoms. The lowest BCUT2D eigenvalue weighted by Gasteiger charge is -2.22. The number of halogens is 3. The molecule has 0 aliphatic heterocycles. The molecule has 2 aromatic rings. The van der Waals surface area contributed by atoms with Gasteiger partial charge in [0.25, 0.3) is 0 Å². The van der Waals surface area contributed by atoms with Gasteiger partial charge < -0.3 is 4.90 Å². The molecule has 1 atom stereocenters. The van der Waals surface area contributed by atoms with Gasteiger partial charge in [-0.15, -0.1) is 0 Å². The lowest BCUT2D eigenvalue weighted by molar-refractivity contribution is -0.141.